The molecule has 1 nitrogen and oxygen atoms in total. The SMILES string of the molecule is Cc1ccc(NCc2cc(Br)cs2)cc1. The summed E-state index contributed by atoms with van der Waals surface area (Å²) in [6.07, 6.45) is 0. The van der Waals surface area contributed by atoms with Crippen molar-refractivity contribution < 1.29 is 0 Å². The van der Waals surface area contributed by atoms with Gasteiger partial charge in [-0.2, -0.15) is 0 Å². The minimum absolute atomic E-state index is 0.888. The van der Waals surface area contributed by atoms with E-state index in [1.165, 1.54) is 16.1 Å². The van der Waals surface area contributed by atoms with Crippen molar-refractivity contribution in [2.24, 2.45) is 0 Å². The van der Waals surface area contributed by atoms with Crippen LogP contribution in [0.25, 0.3) is 0 Å². The maximum atomic E-state index is 3.45. The molecular weight excluding hydrogens is 270 g/mol. The summed E-state index contributed by atoms with van der Waals surface area (Å²) in [5.74, 6) is 0. The Bertz CT molecular complexity index is 433. The van der Waals surface area contributed by atoms with Gasteiger partial charge in [-0.3, -0.25) is 0 Å². The van der Waals surface area contributed by atoms with Crippen LogP contribution in [0.4, 0.5) is 5.69 Å². The number of anilines is 1. The maximum Gasteiger partial charge on any atom is 0.0494 e. The number of thiophene rings is 1. The molecule has 0 aliphatic rings. The van der Waals surface area contributed by atoms with Crippen molar-refractivity contribution in [1.29, 1.82) is 0 Å². The summed E-state index contributed by atoms with van der Waals surface area (Å²) in [4.78, 5) is 1.34. The first-order chi connectivity index (χ1) is 7.24. The smallest absolute Gasteiger partial charge is 0.0494 e. The molecular formula is C12H12BrNS. The highest BCUT2D eigenvalue weighted by Crippen LogP contribution is 2.20. The van der Waals surface area contributed by atoms with E-state index in [0.29, 0.717) is 0 Å². The Kier molecular flexibility index (Phi) is 3.44. The van der Waals surface area contributed by atoms with Crippen LogP contribution in [0.5, 0.6) is 0 Å². The quantitative estimate of drug-likeness (QED) is 0.878. The molecule has 1 N–H and O–H groups in total. The van der Waals surface area contributed by atoms with E-state index in [9.17, 15) is 0 Å². The van der Waals surface area contributed by atoms with Gasteiger partial charge in [-0.05, 0) is 41.1 Å². The first-order valence-electron chi connectivity index (χ1n) is 4.77. The third-order valence-corrected chi connectivity index (χ3v) is 3.84. The second-order valence-corrected chi connectivity index (χ2v) is 5.36. The van der Waals surface area contributed by atoms with Crippen LogP contribution in [0.3, 0.4) is 0 Å². The van der Waals surface area contributed by atoms with Gasteiger partial charge in [0.2, 0.25) is 0 Å². The van der Waals surface area contributed by atoms with E-state index in [0.717, 1.165) is 11.0 Å². The molecule has 15 heavy (non-hydrogen) atoms. The number of hydrogen-bond donors (Lipinski definition) is 1. The molecule has 78 valence electrons. The third kappa shape index (κ3) is 3.08. The third-order valence-electron chi connectivity index (χ3n) is 2.14. The molecule has 0 unspecified atom stereocenters. The average molecular weight is 282 g/mol. The topological polar surface area (TPSA) is 12.0 Å². The zero-order valence-corrected chi connectivity index (χ0v) is 10.9. The minimum Gasteiger partial charge on any atom is -0.380 e. The summed E-state index contributed by atoms with van der Waals surface area (Å²) in [5, 5.41) is 5.49. The number of nitrogens with one attached hydrogen (secondary N) is 1. The molecule has 0 atom stereocenters. The Morgan fingerprint density at radius 2 is 2.00 bits per heavy atom. The van der Waals surface area contributed by atoms with Gasteiger partial charge < -0.3 is 5.32 Å². The summed E-state index contributed by atoms with van der Waals surface area (Å²) in [6.45, 7) is 2.99. The summed E-state index contributed by atoms with van der Waals surface area (Å²) < 4.78 is 1.16. The van der Waals surface area contributed by atoms with Crippen LogP contribution < -0.4 is 5.32 Å². The van der Waals surface area contributed by atoms with Gasteiger partial charge in [0.05, 0.1) is 0 Å². The molecule has 0 aliphatic carbocycles. The highest BCUT2D eigenvalue weighted by Gasteiger charge is 1.97. The maximum absolute atomic E-state index is 3.45. The molecule has 3 heteroatoms. The molecule has 0 fully saturated rings. The van der Waals surface area contributed by atoms with Gasteiger partial charge in [0.15, 0.2) is 0 Å². The van der Waals surface area contributed by atoms with E-state index in [2.05, 4.69) is 63.9 Å². The van der Waals surface area contributed by atoms with Gasteiger partial charge in [0.25, 0.3) is 0 Å². The standard InChI is InChI=1S/C12H12BrNS/c1-9-2-4-11(5-3-9)14-7-12-6-10(13)8-15-12/h2-6,8,14H,7H2,1H3. The Balaban J connectivity index is 1.96. The van der Waals surface area contributed by atoms with Crippen LogP contribution in [-0.4, -0.2) is 0 Å². The molecule has 0 radical (unpaired) electrons. The molecule has 2 aromatic rings. The Hall–Kier alpha value is -0.800. The first-order valence-corrected chi connectivity index (χ1v) is 6.45. The van der Waals surface area contributed by atoms with Crippen LogP contribution in [0, 0.1) is 6.92 Å². The van der Waals surface area contributed by atoms with Gasteiger partial charge in [0.1, 0.15) is 0 Å². The second kappa shape index (κ2) is 4.81. The van der Waals surface area contributed by atoms with Gasteiger partial charge in [-0.1, -0.05) is 17.7 Å². The van der Waals surface area contributed by atoms with Crippen molar-refractivity contribution in [2.45, 2.75) is 13.5 Å². The molecule has 2 rings (SSSR count). The molecule has 1 heterocycles. The monoisotopic (exact) mass is 281 g/mol. The van der Waals surface area contributed by atoms with Crippen LogP contribution >= 0.6 is 27.3 Å². The number of aryl methyl sites for hydroxylation is 1. The van der Waals surface area contributed by atoms with E-state index in [-0.39, 0.29) is 0 Å². The fourth-order valence-electron chi connectivity index (χ4n) is 1.31. The molecule has 0 spiro atoms. The number of halogens is 1. The molecule has 0 aliphatic heterocycles. The van der Waals surface area contributed by atoms with Gasteiger partial charge in [-0.25, -0.2) is 0 Å². The average Bonchev–Trinajstić information content (AvgIpc) is 2.64. The normalized spacial score (nSPS) is 10.3. The fraction of sp³-hybridized carbons (Fsp3) is 0.167. The summed E-state index contributed by atoms with van der Waals surface area (Å²) in [6, 6.07) is 10.6. The molecule has 0 bridgehead atoms. The predicted octanol–water partition coefficient (Wildman–Crippen LogP) is 4.43. The van der Waals surface area contributed by atoms with E-state index in [1.807, 2.05) is 0 Å². The van der Waals surface area contributed by atoms with Crippen molar-refractivity contribution in [3.63, 3.8) is 0 Å². The molecule has 0 saturated heterocycles. The lowest BCUT2D eigenvalue weighted by Gasteiger charge is -2.04. The summed E-state index contributed by atoms with van der Waals surface area (Å²) >= 11 is 5.21. The second-order valence-electron chi connectivity index (χ2n) is 3.45. The van der Waals surface area contributed by atoms with E-state index < -0.39 is 0 Å². The Labute approximate surface area is 102 Å². The lowest BCUT2D eigenvalue weighted by Crippen LogP contribution is -1.96. The van der Waals surface area contributed by atoms with Crippen LogP contribution in [0.15, 0.2) is 40.2 Å². The van der Waals surface area contributed by atoms with E-state index in [1.54, 1.807) is 11.3 Å². The number of rotatable bonds is 3. The highest BCUT2D eigenvalue weighted by atomic mass is 79.9. The zero-order valence-electron chi connectivity index (χ0n) is 8.46. The van der Waals surface area contributed by atoms with Crippen molar-refractivity contribution in [3.05, 3.63) is 50.6 Å². The summed E-state index contributed by atoms with van der Waals surface area (Å²) in [5.41, 5.74) is 2.46. The van der Waals surface area contributed by atoms with Crippen molar-refractivity contribution in [3.8, 4) is 0 Å². The molecule has 0 saturated carbocycles. The van der Waals surface area contributed by atoms with Crippen LogP contribution in [-0.2, 0) is 6.54 Å². The lowest BCUT2D eigenvalue weighted by atomic mass is 10.2. The van der Waals surface area contributed by atoms with Crippen LogP contribution in [0.2, 0.25) is 0 Å². The fourth-order valence-corrected chi connectivity index (χ4v) is 2.70. The molecule has 1 aromatic heterocycles. The van der Waals surface area contributed by atoms with Gasteiger partial charge in [0, 0.05) is 27.0 Å². The van der Waals surface area contributed by atoms with E-state index in [4.69, 9.17) is 0 Å². The van der Waals surface area contributed by atoms with E-state index >= 15 is 0 Å². The largest absolute Gasteiger partial charge is 0.380 e. The van der Waals surface area contributed by atoms with Crippen molar-refractivity contribution in [2.75, 3.05) is 5.32 Å². The lowest BCUT2D eigenvalue weighted by molar-refractivity contribution is 1.19. The first kappa shape index (κ1) is 10.7. The highest BCUT2D eigenvalue weighted by molar-refractivity contribution is 9.10. The minimum atomic E-state index is 0.888. The summed E-state index contributed by atoms with van der Waals surface area (Å²) in [7, 11) is 0. The Morgan fingerprint density at radius 3 is 2.60 bits per heavy atom. The zero-order chi connectivity index (χ0) is 10.7. The van der Waals surface area contributed by atoms with Crippen molar-refractivity contribution >= 4 is 33.0 Å². The van der Waals surface area contributed by atoms with Crippen LogP contribution in [0.1, 0.15) is 10.4 Å². The Morgan fingerprint density at radius 1 is 1.27 bits per heavy atom. The van der Waals surface area contributed by atoms with Crippen molar-refractivity contribution in [1.82, 2.24) is 0 Å². The molecule has 1 aromatic carbocycles. The number of hydrogen-bond acceptors (Lipinski definition) is 2. The number of benzene rings is 1. The molecule has 0 amide bonds. The van der Waals surface area contributed by atoms with Gasteiger partial charge in [-0.15, -0.1) is 11.3 Å². The predicted molar refractivity (Wildman–Crippen MR) is 70.5 cm³/mol. The van der Waals surface area contributed by atoms with Gasteiger partial charge >= 0.3 is 0 Å².